The first-order valence-electron chi connectivity index (χ1n) is 7.57. The number of carbonyl (C=O) groups excluding carboxylic acids is 2. The average Bonchev–Trinajstić information content (AvgIpc) is 2.86. The summed E-state index contributed by atoms with van der Waals surface area (Å²) < 4.78 is 38.8. The molecule has 1 aromatic carbocycles. The maximum Gasteiger partial charge on any atom is 0.418 e. The van der Waals surface area contributed by atoms with E-state index in [1.165, 1.54) is 18.2 Å². The van der Waals surface area contributed by atoms with Crippen LogP contribution in [0.4, 0.5) is 18.9 Å². The number of rotatable bonds is 5. The molecule has 1 aliphatic heterocycles. The lowest BCUT2D eigenvalue weighted by Gasteiger charge is -2.17. The van der Waals surface area contributed by atoms with Crippen molar-refractivity contribution in [3.63, 3.8) is 0 Å². The van der Waals surface area contributed by atoms with Crippen molar-refractivity contribution in [2.45, 2.75) is 32.4 Å². The molecule has 1 aromatic rings. The van der Waals surface area contributed by atoms with Crippen LogP contribution in [0, 0.1) is 5.92 Å². The van der Waals surface area contributed by atoms with Gasteiger partial charge in [-0.25, -0.2) is 0 Å². The molecule has 0 bridgehead atoms. The summed E-state index contributed by atoms with van der Waals surface area (Å²) in [6, 6.07) is 4.83. The number of carbonyl (C=O) groups is 2. The zero-order chi connectivity index (χ0) is 17.0. The number of nitrogens with zero attached hydrogens (tertiary/aromatic N) is 1. The molecule has 1 heterocycles. The molecule has 7 heteroatoms. The molecular weight excluding hydrogens is 309 g/mol. The van der Waals surface area contributed by atoms with Crippen molar-refractivity contribution in [1.29, 1.82) is 0 Å². The minimum Gasteiger partial charge on any atom is -0.342 e. The first kappa shape index (κ1) is 17.3. The topological polar surface area (TPSA) is 49.4 Å². The Bertz CT molecular complexity index is 587. The molecule has 23 heavy (non-hydrogen) atoms. The van der Waals surface area contributed by atoms with Gasteiger partial charge in [0.25, 0.3) is 0 Å². The molecule has 2 amide bonds. The molecule has 1 fully saturated rings. The smallest absolute Gasteiger partial charge is 0.342 e. The number of likely N-dealkylation sites (tertiary alicyclic amines) is 1. The van der Waals surface area contributed by atoms with Crippen molar-refractivity contribution < 1.29 is 22.8 Å². The van der Waals surface area contributed by atoms with Crippen LogP contribution in [-0.2, 0) is 15.8 Å². The van der Waals surface area contributed by atoms with Gasteiger partial charge in [0.15, 0.2) is 0 Å². The Labute approximate surface area is 132 Å². The van der Waals surface area contributed by atoms with E-state index in [-0.39, 0.29) is 24.6 Å². The maximum atomic E-state index is 12.9. The maximum absolute atomic E-state index is 12.9. The van der Waals surface area contributed by atoms with Crippen molar-refractivity contribution in [2.24, 2.45) is 5.92 Å². The Balaban J connectivity index is 2.05. The molecule has 0 aromatic heterocycles. The van der Waals surface area contributed by atoms with Gasteiger partial charge in [0.05, 0.1) is 17.2 Å². The summed E-state index contributed by atoms with van der Waals surface area (Å²) in [7, 11) is 0. The van der Waals surface area contributed by atoms with Gasteiger partial charge in [-0.15, -0.1) is 0 Å². The average molecular weight is 328 g/mol. The van der Waals surface area contributed by atoms with E-state index in [9.17, 15) is 22.8 Å². The van der Waals surface area contributed by atoms with E-state index in [1.54, 1.807) is 4.90 Å². The predicted octanol–water partition coefficient (Wildman–Crippen LogP) is 3.29. The Morgan fingerprint density at radius 2 is 2.04 bits per heavy atom. The highest BCUT2D eigenvalue weighted by Crippen LogP contribution is 2.35. The molecule has 1 unspecified atom stereocenters. The lowest BCUT2D eigenvalue weighted by molar-refractivity contribution is -0.137. The van der Waals surface area contributed by atoms with Crippen LogP contribution < -0.4 is 5.32 Å². The number of hydrogen-bond donors (Lipinski definition) is 1. The molecule has 1 N–H and O–H groups in total. The van der Waals surface area contributed by atoms with Crippen LogP contribution in [0.2, 0.25) is 0 Å². The second-order valence-corrected chi connectivity index (χ2v) is 5.63. The summed E-state index contributed by atoms with van der Waals surface area (Å²) in [6.45, 7) is 2.84. The Hall–Kier alpha value is -2.05. The monoisotopic (exact) mass is 328 g/mol. The van der Waals surface area contributed by atoms with Crippen LogP contribution in [0.1, 0.15) is 31.7 Å². The number of benzene rings is 1. The lowest BCUT2D eigenvalue weighted by Crippen LogP contribution is -2.29. The van der Waals surface area contributed by atoms with Gasteiger partial charge in [-0.2, -0.15) is 13.2 Å². The Morgan fingerprint density at radius 3 is 2.70 bits per heavy atom. The quantitative estimate of drug-likeness (QED) is 0.902. The lowest BCUT2D eigenvalue weighted by atomic mass is 10.1. The van der Waals surface area contributed by atoms with Crippen molar-refractivity contribution in [3.8, 4) is 0 Å². The van der Waals surface area contributed by atoms with E-state index in [1.807, 2.05) is 6.92 Å². The third-order valence-corrected chi connectivity index (χ3v) is 3.86. The largest absolute Gasteiger partial charge is 0.418 e. The molecule has 0 radical (unpaired) electrons. The fourth-order valence-electron chi connectivity index (χ4n) is 2.59. The van der Waals surface area contributed by atoms with E-state index in [0.29, 0.717) is 6.54 Å². The minimum atomic E-state index is -4.54. The number of alkyl halides is 3. The Morgan fingerprint density at radius 1 is 1.35 bits per heavy atom. The second kappa shape index (κ2) is 7.02. The summed E-state index contributed by atoms with van der Waals surface area (Å²) in [5.74, 6) is -1.28. The van der Waals surface area contributed by atoms with Gasteiger partial charge in [-0.05, 0) is 18.6 Å². The van der Waals surface area contributed by atoms with Crippen LogP contribution >= 0.6 is 0 Å². The fraction of sp³-hybridized carbons (Fsp3) is 0.500. The number of nitrogens with one attached hydrogen (secondary N) is 1. The van der Waals surface area contributed by atoms with Crippen LogP contribution in [-0.4, -0.2) is 29.8 Å². The van der Waals surface area contributed by atoms with Crippen LogP contribution in [0.25, 0.3) is 0 Å². The van der Waals surface area contributed by atoms with Gasteiger partial charge < -0.3 is 10.2 Å². The first-order chi connectivity index (χ1) is 10.8. The van der Waals surface area contributed by atoms with Gasteiger partial charge in [-0.3, -0.25) is 9.59 Å². The minimum absolute atomic E-state index is 0.0454. The molecule has 1 atom stereocenters. The molecular formula is C16H19F3N2O2. The predicted molar refractivity (Wildman–Crippen MR) is 79.7 cm³/mol. The van der Waals surface area contributed by atoms with E-state index >= 15 is 0 Å². The number of amides is 2. The van der Waals surface area contributed by atoms with Crippen LogP contribution in [0.5, 0.6) is 0 Å². The van der Waals surface area contributed by atoms with E-state index in [4.69, 9.17) is 0 Å². The summed E-state index contributed by atoms with van der Waals surface area (Å²) in [4.78, 5) is 25.6. The van der Waals surface area contributed by atoms with E-state index in [2.05, 4.69) is 5.32 Å². The number of hydrogen-bond acceptors (Lipinski definition) is 2. The third-order valence-electron chi connectivity index (χ3n) is 3.86. The molecule has 0 spiro atoms. The SMILES string of the molecule is CCCCN1CC(C(=O)Nc2ccccc2C(F)(F)F)CC1=O. The van der Waals surface area contributed by atoms with Crippen molar-refractivity contribution in [2.75, 3.05) is 18.4 Å². The molecule has 4 nitrogen and oxygen atoms in total. The highest BCUT2D eigenvalue weighted by Gasteiger charge is 2.36. The highest BCUT2D eigenvalue weighted by atomic mass is 19.4. The summed E-state index contributed by atoms with van der Waals surface area (Å²) >= 11 is 0. The molecule has 2 rings (SSSR count). The van der Waals surface area contributed by atoms with Gasteiger partial charge in [0, 0.05) is 19.5 Å². The number of unbranched alkanes of at least 4 members (excludes halogenated alkanes) is 1. The van der Waals surface area contributed by atoms with Crippen molar-refractivity contribution in [3.05, 3.63) is 29.8 Å². The molecule has 0 saturated carbocycles. The van der Waals surface area contributed by atoms with Crippen molar-refractivity contribution >= 4 is 17.5 Å². The second-order valence-electron chi connectivity index (χ2n) is 5.63. The number of halogens is 3. The number of para-hydroxylation sites is 1. The summed E-state index contributed by atoms with van der Waals surface area (Å²) in [5.41, 5.74) is -1.16. The van der Waals surface area contributed by atoms with Gasteiger partial charge in [0.2, 0.25) is 11.8 Å². The van der Waals surface area contributed by atoms with Crippen LogP contribution in [0.15, 0.2) is 24.3 Å². The first-order valence-corrected chi connectivity index (χ1v) is 7.57. The summed E-state index contributed by atoms with van der Waals surface area (Å²) in [5, 5.41) is 2.32. The zero-order valence-electron chi connectivity index (χ0n) is 12.8. The zero-order valence-corrected chi connectivity index (χ0v) is 12.8. The van der Waals surface area contributed by atoms with E-state index < -0.39 is 23.6 Å². The van der Waals surface area contributed by atoms with Gasteiger partial charge in [0.1, 0.15) is 0 Å². The van der Waals surface area contributed by atoms with Gasteiger partial charge >= 0.3 is 6.18 Å². The van der Waals surface area contributed by atoms with Gasteiger partial charge in [-0.1, -0.05) is 25.5 Å². The molecule has 1 aliphatic rings. The van der Waals surface area contributed by atoms with E-state index in [0.717, 1.165) is 18.9 Å². The summed E-state index contributed by atoms with van der Waals surface area (Å²) in [6.07, 6.45) is -2.72. The number of anilines is 1. The Kier molecular flexibility index (Phi) is 5.28. The standard InChI is InChI=1S/C16H19F3N2O2/c1-2-3-8-21-10-11(9-14(21)22)15(23)20-13-7-5-4-6-12(13)16(17,18)19/h4-7,11H,2-3,8-10H2,1H3,(H,20,23). The normalized spacial score (nSPS) is 18.3. The highest BCUT2D eigenvalue weighted by molar-refractivity contribution is 5.97. The molecule has 0 aliphatic carbocycles. The van der Waals surface area contributed by atoms with Crippen molar-refractivity contribution in [1.82, 2.24) is 4.90 Å². The third kappa shape index (κ3) is 4.24. The fourth-order valence-corrected chi connectivity index (χ4v) is 2.59. The molecule has 1 saturated heterocycles. The molecule has 126 valence electrons. The van der Waals surface area contributed by atoms with Crippen LogP contribution in [0.3, 0.4) is 0 Å².